The average Bonchev–Trinajstić information content (AvgIpc) is 2.25. The second kappa shape index (κ2) is 6.08. The highest BCUT2D eigenvalue weighted by atomic mass is 16.3. The number of carbonyl (C=O) groups is 1. The molecule has 2 unspecified atom stereocenters. The molecule has 15 heavy (non-hydrogen) atoms. The topological polar surface area (TPSA) is 75.4 Å². The Bertz CT molecular complexity index is 209. The van der Waals surface area contributed by atoms with Gasteiger partial charge in [0.2, 0.25) is 5.91 Å². The Labute approximate surface area is 91.2 Å². The molecular weight excluding hydrogens is 192 g/mol. The summed E-state index contributed by atoms with van der Waals surface area (Å²) < 4.78 is 0. The van der Waals surface area contributed by atoms with Crippen LogP contribution in [0.2, 0.25) is 0 Å². The van der Waals surface area contributed by atoms with E-state index in [4.69, 9.17) is 5.73 Å². The molecule has 0 aromatic heterocycles. The van der Waals surface area contributed by atoms with Crippen LogP contribution in [0.3, 0.4) is 0 Å². The van der Waals surface area contributed by atoms with Gasteiger partial charge in [-0.15, -0.1) is 0 Å². The number of carbonyl (C=O) groups excluding carboxylic acids is 1. The van der Waals surface area contributed by atoms with Crippen LogP contribution in [0.25, 0.3) is 0 Å². The molecule has 0 bridgehead atoms. The molecule has 0 aromatic carbocycles. The maximum absolute atomic E-state index is 11.4. The molecule has 4 nitrogen and oxygen atoms in total. The van der Waals surface area contributed by atoms with E-state index in [0.29, 0.717) is 18.9 Å². The third-order valence-electron chi connectivity index (χ3n) is 3.10. The normalized spacial score (nSPS) is 28.5. The highest BCUT2D eigenvalue weighted by molar-refractivity contribution is 5.81. The zero-order valence-corrected chi connectivity index (χ0v) is 9.41. The fraction of sp³-hybridized carbons (Fsp3) is 0.909. The van der Waals surface area contributed by atoms with Crippen molar-refractivity contribution in [2.45, 2.75) is 51.2 Å². The quantitative estimate of drug-likeness (QED) is 0.633. The van der Waals surface area contributed by atoms with Crippen molar-refractivity contribution >= 4 is 5.91 Å². The smallest absolute Gasteiger partial charge is 0.236 e. The van der Waals surface area contributed by atoms with Crippen molar-refractivity contribution in [2.75, 3.05) is 6.54 Å². The third kappa shape index (κ3) is 4.18. The lowest BCUT2D eigenvalue weighted by Gasteiger charge is -2.26. The van der Waals surface area contributed by atoms with Gasteiger partial charge in [0, 0.05) is 6.54 Å². The number of hydrogen-bond acceptors (Lipinski definition) is 3. The van der Waals surface area contributed by atoms with Crippen molar-refractivity contribution in [3.8, 4) is 0 Å². The van der Waals surface area contributed by atoms with Crippen molar-refractivity contribution in [1.82, 2.24) is 5.32 Å². The highest BCUT2D eigenvalue weighted by Gasteiger charge is 2.21. The van der Waals surface area contributed by atoms with Gasteiger partial charge >= 0.3 is 0 Å². The molecule has 1 aliphatic rings. The van der Waals surface area contributed by atoms with Gasteiger partial charge in [-0.1, -0.05) is 13.3 Å². The van der Waals surface area contributed by atoms with E-state index in [-0.39, 0.29) is 12.0 Å². The Balaban J connectivity index is 2.21. The molecule has 1 fully saturated rings. The molecule has 0 aliphatic heterocycles. The summed E-state index contributed by atoms with van der Waals surface area (Å²) in [6, 6.07) is -0.390. The zero-order chi connectivity index (χ0) is 11.3. The minimum Gasteiger partial charge on any atom is -0.393 e. The lowest BCUT2D eigenvalue weighted by Crippen LogP contribution is -2.42. The molecule has 4 N–H and O–H groups in total. The van der Waals surface area contributed by atoms with Crippen LogP contribution < -0.4 is 11.1 Å². The second-order valence-electron chi connectivity index (χ2n) is 4.45. The molecular formula is C11H22N2O2. The van der Waals surface area contributed by atoms with Crippen molar-refractivity contribution in [3.05, 3.63) is 0 Å². The van der Waals surface area contributed by atoms with E-state index in [1.807, 2.05) is 6.92 Å². The average molecular weight is 214 g/mol. The van der Waals surface area contributed by atoms with Crippen molar-refractivity contribution in [1.29, 1.82) is 0 Å². The van der Waals surface area contributed by atoms with Gasteiger partial charge in [-0.3, -0.25) is 4.79 Å². The summed E-state index contributed by atoms with van der Waals surface area (Å²) >= 11 is 0. The first kappa shape index (κ1) is 12.5. The lowest BCUT2D eigenvalue weighted by molar-refractivity contribution is -0.122. The van der Waals surface area contributed by atoms with Crippen LogP contribution in [-0.4, -0.2) is 29.7 Å². The molecule has 1 amide bonds. The van der Waals surface area contributed by atoms with Crippen LogP contribution in [-0.2, 0) is 4.79 Å². The summed E-state index contributed by atoms with van der Waals surface area (Å²) in [7, 11) is 0. The van der Waals surface area contributed by atoms with Gasteiger partial charge in [0.15, 0.2) is 0 Å². The molecule has 1 saturated carbocycles. The van der Waals surface area contributed by atoms with Crippen molar-refractivity contribution in [3.63, 3.8) is 0 Å². The van der Waals surface area contributed by atoms with E-state index in [1.54, 1.807) is 0 Å². The molecule has 0 aromatic rings. The van der Waals surface area contributed by atoms with E-state index in [0.717, 1.165) is 25.7 Å². The predicted octanol–water partition coefficient (Wildman–Crippen LogP) is 0.391. The summed E-state index contributed by atoms with van der Waals surface area (Å²) in [5.74, 6) is 0.347. The van der Waals surface area contributed by atoms with Gasteiger partial charge in [0.25, 0.3) is 0 Å². The Morgan fingerprint density at radius 2 is 2.33 bits per heavy atom. The highest BCUT2D eigenvalue weighted by Crippen LogP contribution is 2.23. The van der Waals surface area contributed by atoms with Crippen LogP contribution in [0.4, 0.5) is 0 Å². The van der Waals surface area contributed by atoms with Gasteiger partial charge in [-0.2, -0.15) is 0 Å². The standard InChI is InChI=1S/C11H22N2O2/c1-2-10(12)11(15)13-7-8-4-3-5-9(14)6-8/h8-10,14H,2-7,12H2,1H3,(H,13,15)/t8?,9?,10-/m0/s1. The monoisotopic (exact) mass is 214 g/mol. The van der Waals surface area contributed by atoms with Crippen molar-refractivity contribution < 1.29 is 9.90 Å². The van der Waals surface area contributed by atoms with Gasteiger partial charge in [0.05, 0.1) is 12.1 Å². The van der Waals surface area contributed by atoms with Crippen LogP contribution >= 0.6 is 0 Å². The summed E-state index contributed by atoms with van der Waals surface area (Å²) in [6.45, 7) is 2.55. The Hall–Kier alpha value is -0.610. The van der Waals surface area contributed by atoms with Crippen LogP contribution in [0, 0.1) is 5.92 Å². The van der Waals surface area contributed by atoms with Gasteiger partial charge in [0.1, 0.15) is 0 Å². The van der Waals surface area contributed by atoms with Crippen molar-refractivity contribution in [2.24, 2.45) is 11.7 Å². The summed E-state index contributed by atoms with van der Waals surface area (Å²) in [5, 5.41) is 12.3. The lowest BCUT2D eigenvalue weighted by atomic mass is 9.87. The minimum atomic E-state index is -0.390. The SMILES string of the molecule is CC[C@H](N)C(=O)NCC1CCCC(O)C1. The fourth-order valence-electron chi connectivity index (χ4n) is 2.01. The number of nitrogens with two attached hydrogens (primary N) is 1. The largest absolute Gasteiger partial charge is 0.393 e. The van der Waals surface area contributed by atoms with Crippen LogP contribution in [0.5, 0.6) is 0 Å². The van der Waals surface area contributed by atoms with Gasteiger partial charge in [-0.25, -0.2) is 0 Å². The summed E-state index contributed by atoms with van der Waals surface area (Å²) in [6.07, 6.45) is 4.35. The van der Waals surface area contributed by atoms with Gasteiger partial charge < -0.3 is 16.2 Å². The molecule has 1 aliphatic carbocycles. The van der Waals surface area contributed by atoms with E-state index in [2.05, 4.69) is 5.32 Å². The number of hydrogen-bond donors (Lipinski definition) is 3. The third-order valence-corrected chi connectivity index (χ3v) is 3.10. The Kier molecular flexibility index (Phi) is 5.05. The van der Waals surface area contributed by atoms with E-state index >= 15 is 0 Å². The first-order valence-electron chi connectivity index (χ1n) is 5.84. The maximum atomic E-state index is 11.4. The molecule has 88 valence electrons. The molecule has 3 atom stereocenters. The number of aliphatic hydroxyl groups is 1. The summed E-state index contributed by atoms with van der Waals surface area (Å²) in [5.41, 5.74) is 5.60. The van der Waals surface area contributed by atoms with E-state index in [9.17, 15) is 9.90 Å². The fourth-order valence-corrected chi connectivity index (χ4v) is 2.01. The first-order chi connectivity index (χ1) is 7.13. The Morgan fingerprint density at radius 3 is 2.93 bits per heavy atom. The molecule has 4 heteroatoms. The predicted molar refractivity (Wildman–Crippen MR) is 59.2 cm³/mol. The van der Waals surface area contributed by atoms with Crippen LogP contribution in [0.1, 0.15) is 39.0 Å². The number of amides is 1. The maximum Gasteiger partial charge on any atom is 0.236 e. The zero-order valence-electron chi connectivity index (χ0n) is 9.41. The molecule has 0 saturated heterocycles. The van der Waals surface area contributed by atoms with E-state index in [1.165, 1.54) is 0 Å². The molecule has 1 rings (SSSR count). The number of rotatable bonds is 4. The number of aliphatic hydroxyl groups excluding tert-OH is 1. The molecule has 0 radical (unpaired) electrons. The van der Waals surface area contributed by atoms with Crippen LogP contribution in [0.15, 0.2) is 0 Å². The number of nitrogens with one attached hydrogen (secondary N) is 1. The van der Waals surface area contributed by atoms with E-state index < -0.39 is 6.04 Å². The molecule has 0 spiro atoms. The second-order valence-corrected chi connectivity index (χ2v) is 4.45. The Morgan fingerprint density at radius 1 is 1.60 bits per heavy atom. The van der Waals surface area contributed by atoms with Gasteiger partial charge in [-0.05, 0) is 31.6 Å². The molecule has 0 heterocycles. The minimum absolute atomic E-state index is 0.0717. The summed E-state index contributed by atoms with van der Waals surface area (Å²) in [4.78, 5) is 11.4. The first-order valence-corrected chi connectivity index (χ1v) is 5.84.